The molecule has 0 aromatic carbocycles. The first-order valence-corrected chi connectivity index (χ1v) is 11.1. The molecular weight excluding hydrogens is 308 g/mol. The third kappa shape index (κ3) is 21.5. The lowest BCUT2D eigenvalue weighted by molar-refractivity contribution is -0.108. The molecule has 0 spiro atoms. The minimum atomic E-state index is 0.677. The van der Waals surface area contributed by atoms with E-state index in [-0.39, 0.29) is 0 Å². The average molecular weight is 357 g/mol. The first kappa shape index (κ1) is 26.8. The van der Waals surface area contributed by atoms with Crippen molar-refractivity contribution in [3.05, 3.63) is 0 Å². The van der Waals surface area contributed by atoms with Crippen molar-refractivity contribution in [2.24, 2.45) is 0 Å². The van der Waals surface area contributed by atoms with E-state index in [1.165, 1.54) is 64.3 Å². The molecule has 0 fully saturated rings. The lowest BCUT2D eigenvalue weighted by Crippen LogP contribution is -2.36. The van der Waals surface area contributed by atoms with Gasteiger partial charge in [-0.15, -0.1) is 0 Å². The first-order valence-electron chi connectivity index (χ1n) is 11.1. The van der Waals surface area contributed by atoms with Gasteiger partial charge in [-0.3, -0.25) is 0 Å². The lowest BCUT2D eigenvalue weighted by atomic mass is 10.1. The topological polar surface area (TPSA) is 23.6 Å². The van der Waals surface area contributed by atoms with E-state index in [1.54, 1.807) is 0 Å². The Kier molecular flexibility index (Phi) is 25.3. The van der Waals surface area contributed by atoms with Gasteiger partial charge < -0.3 is 14.6 Å². The van der Waals surface area contributed by atoms with Crippen LogP contribution in [0.15, 0.2) is 0 Å². The van der Waals surface area contributed by atoms with Gasteiger partial charge in [0.2, 0.25) is 0 Å². The molecule has 0 amide bonds. The van der Waals surface area contributed by atoms with Crippen LogP contribution < -0.4 is 0 Å². The largest absolute Gasteiger partial charge is 0.303 e. The number of rotatable bonds is 17. The maximum atomic E-state index is 10.7. The van der Waals surface area contributed by atoms with Crippen LogP contribution in [0.3, 0.4) is 0 Å². The van der Waals surface area contributed by atoms with E-state index >= 15 is 0 Å². The summed E-state index contributed by atoms with van der Waals surface area (Å²) in [5.74, 6) is 0. The summed E-state index contributed by atoms with van der Waals surface area (Å²) >= 11 is 0. The molecule has 0 N–H and O–H groups in total. The maximum absolute atomic E-state index is 10.7. The normalized spacial score (nSPS) is 10.8. The number of carbonyl (C=O) groups is 1. The van der Waals surface area contributed by atoms with Crippen molar-refractivity contribution in [2.75, 3.05) is 39.3 Å². The van der Waals surface area contributed by atoms with E-state index < -0.39 is 0 Å². The molecule has 3 heteroatoms. The predicted octanol–water partition coefficient (Wildman–Crippen LogP) is 5.78. The van der Waals surface area contributed by atoms with Crippen molar-refractivity contribution < 1.29 is 4.79 Å². The number of hydrogen-bond donors (Lipinski definition) is 0. The third-order valence-electron chi connectivity index (χ3n) is 4.40. The SMILES string of the molecule is CCC.CCCCCCCCN(CCC=O)CCN(CC)CCCC. The maximum Gasteiger partial charge on any atom is 0.121 e. The molecule has 0 rings (SSSR count). The highest BCUT2D eigenvalue weighted by molar-refractivity contribution is 5.49. The molecule has 0 heterocycles. The number of unbranched alkanes of at least 4 members (excludes halogenated alkanes) is 6. The molecule has 0 unspecified atom stereocenters. The fraction of sp³-hybridized carbons (Fsp3) is 0.955. The number of aldehydes is 1. The van der Waals surface area contributed by atoms with Crippen molar-refractivity contribution in [1.82, 2.24) is 9.80 Å². The molecule has 0 aliphatic heterocycles. The number of nitrogens with zero attached hydrogens (tertiary/aromatic N) is 2. The second kappa shape index (κ2) is 23.6. The Morgan fingerprint density at radius 1 is 0.600 bits per heavy atom. The lowest BCUT2D eigenvalue weighted by Gasteiger charge is -2.26. The highest BCUT2D eigenvalue weighted by atomic mass is 16.1. The summed E-state index contributed by atoms with van der Waals surface area (Å²) in [5.41, 5.74) is 0. The number of hydrogen-bond acceptors (Lipinski definition) is 3. The smallest absolute Gasteiger partial charge is 0.121 e. The van der Waals surface area contributed by atoms with Crippen molar-refractivity contribution in [1.29, 1.82) is 0 Å². The van der Waals surface area contributed by atoms with Gasteiger partial charge in [-0.05, 0) is 32.5 Å². The van der Waals surface area contributed by atoms with Crippen molar-refractivity contribution in [2.45, 2.75) is 98.8 Å². The van der Waals surface area contributed by atoms with Gasteiger partial charge in [-0.1, -0.05) is 79.6 Å². The Hall–Kier alpha value is -0.410. The minimum Gasteiger partial charge on any atom is -0.303 e. The van der Waals surface area contributed by atoms with E-state index in [1.807, 2.05) is 0 Å². The summed E-state index contributed by atoms with van der Waals surface area (Å²) in [4.78, 5) is 15.7. The molecule has 0 aromatic heterocycles. The van der Waals surface area contributed by atoms with Crippen LogP contribution in [-0.2, 0) is 4.79 Å². The number of carbonyl (C=O) groups excluding carboxylic acids is 1. The molecule has 0 aliphatic carbocycles. The van der Waals surface area contributed by atoms with Crippen molar-refractivity contribution >= 4 is 6.29 Å². The Morgan fingerprint density at radius 2 is 1.12 bits per heavy atom. The quantitative estimate of drug-likeness (QED) is 0.244. The van der Waals surface area contributed by atoms with Crippen LogP contribution in [0.2, 0.25) is 0 Å². The Bertz CT molecular complexity index is 246. The van der Waals surface area contributed by atoms with Crippen molar-refractivity contribution in [3.8, 4) is 0 Å². The summed E-state index contributed by atoms with van der Waals surface area (Å²) in [6.45, 7) is 17.7. The summed E-state index contributed by atoms with van der Waals surface area (Å²) in [6.07, 6.45) is 13.6. The molecule has 3 nitrogen and oxygen atoms in total. The summed E-state index contributed by atoms with van der Waals surface area (Å²) < 4.78 is 0. The van der Waals surface area contributed by atoms with Gasteiger partial charge in [0.05, 0.1) is 0 Å². The predicted molar refractivity (Wildman–Crippen MR) is 113 cm³/mol. The molecule has 0 saturated heterocycles. The first-order chi connectivity index (χ1) is 12.2. The fourth-order valence-corrected chi connectivity index (χ4v) is 2.78. The van der Waals surface area contributed by atoms with Crippen LogP contribution in [0.4, 0.5) is 0 Å². The van der Waals surface area contributed by atoms with E-state index in [9.17, 15) is 4.79 Å². The molecule has 0 aliphatic rings. The molecule has 0 radical (unpaired) electrons. The van der Waals surface area contributed by atoms with Crippen LogP contribution in [0.1, 0.15) is 98.8 Å². The molecule has 0 bridgehead atoms. The monoisotopic (exact) mass is 356 g/mol. The summed E-state index contributed by atoms with van der Waals surface area (Å²) in [7, 11) is 0. The van der Waals surface area contributed by atoms with Crippen LogP contribution in [0.5, 0.6) is 0 Å². The van der Waals surface area contributed by atoms with Gasteiger partial charge in [-0.2, -0.15) is 0 Å². The van der Waals surface area contributed by atoms with Gasteiger partial charge in [0.25, 0.3) is 0 Å². The molecule has 0 aromatic rings. The molecular formula is C22H48N2O. The van der Waals surface area contributed by atoms with E-state index in [4.69, 9.17) is 0 Å². The molecule has 0 saturated carbocycles. The van der Waals surface area contributed by atoms with Gasteiger partial charge in [0.1, 0.15) is 6.29 Å². The average Bonchev–Trinajstić information content (AvgIpc) is 2.62. The zero-order valence-corrected chi connectivity index (χ0v) is 18.2. The van der Waals surface area contributed by atoms with Crippen LogP contribution in [0, 0.1) is 0 Å². The third-order valence-corrected chi connectivity index (χ3v) is 4.40. The molecule has 0 atom stereocenters. The van der Waals surface area contributed by atoms with Crippen LogP contribution in [0.25, 0.3) is 0 Å². The fourth-order valence-electron chi connectivity index (χ4n) is 2.78. The standard InChI is InChI=1S/C19H40N2O.C3H8/c1-4-7-9-10-11-12-15-21(16-13-19-22)18-17-20(6-3)14-8-5-2;1-3-2/h19H,4-18H2,1-3H3;3H2,1-2H3. The van der Waals surface area contributed by atoms with Crippen molar-refractivity contribution in [3.63, 3.8) is 0 Å². The van der Waals surface area contributed by atoms with Gasteiger partial charge >= 0.3 is 0 Å². The second-order valence-corrected chi connectivity index (χ2v) is 7.06. The highest BCUT2D eigenvalue weighted by Gasteiger charge is 2.07. The van der Waals surface area contributed by atoms with Gasteiger partial charge in [0, 0.05) is 26.1 Å². The minimum absolute atomic E-state index is 0.677. The Morgan fingerprint density at radius 3 is 1.68 bits per heavy atom. The summed E-state index contributed by atoms with van der Waals surface area (Å²) in [6, 6.07) is 0. The molecule has 152 valence electrons. The van der Waals surface area contributed by atoms with E-state index in [0.717, 1.165) is 39.0 Å². The second-order valence-electron chi connectivity index (χ2n) is 7.06. The molecule has 25 heavy (non-hydrogen) atoms. The Balaban J connectivity index is 0. The van der Waals surface area contributed by atoms with Crippen LogP contribution in [-0.4, -0.2) is 55.4 Å². The van der Waals surface area contributed by atoms with E-state index in [2.05, 4.69) is 44.4 Å². The number of likely N-dealkylation sites (N-methyl/N-ethyl adjacent to an activating group) is 1. The van der Waals surface area contributed by atoms with Crippen LogP contribution >= 0.6 is 0 Å². The van der Waals surface area contributed by atoms with E-state index in [0.29, 0.717) is 6.42 Å². The van der Waals surface area contributed by atoms with Gasteiger partial charge in [0.15, 0.2) is 0 Å². The van der Waals surface area contributed by atoms with Gasteiger partial charge in [-0.25, -0.2) is 0 Å². The highest BCUT2D eigenvalue weighted by Crippen LogP contribution is 2.06. The zero-order chi connectivity index (χ0) is 19.2. The Labute approximate surface area is 159 Å². The summed E-state index contributed by atoms with van der Waals surface area (Å²) in [5, 5.41) is 0. The zero-order valence-electron chi connectivity index (χ0n) is 18.2.